The van der Waals surface area contributed by atoms with Gasteiger partial charge in [-0.3, -0.25) is 23.9 Å². The molecule has 0 N–H and O–H groups in total. The topological polar surface area (TPSA) is 72.3 Å². The van der Waals surface area contributed by atoms with Gasteiger partial charge < -0.3 is 0 Å². The highest BCUT2D eigenvalue weighted by Gasteiger charge is 2.41. The summed E-state index contributed by atoms with van der Waals surface area (Å²) in [6, 6.07) is 16.1. The largest absolute Gasteiger partial charge is 0.416 e. The predicted octanol–water partition coefficient (Wildman–Crippen LogP) is 5.15. The van der Waals surface area contributed by atoms with Gasteiger partial charge in [-0.15, -0.1) is 0 Å². The van der Waals surface area contributed by atoms with Crippen LogP contribution in [0, 0.1) is 0 Å². The van der Waals surface area contributed by atoms with Crippen molar-refractivity contribution in [1.29, 1.82) is 0 Å². The Labute approximate surface area is 197 Å². The van der Waals surface area contributed by atoms with Crippen molar-refractivity contribution in [1.82, 2.24) is 14.5 Å². The highest BCUT2D eigenvalue weighted by atomic mass is 19.4. The van der Waals surface area contributed by atoms with Gasteiger partial charge in [-0.25, -0.2) is 4.98 Å². The first-order valence-electron chi connectivity index (χ1n) is 10.9. The molecule has 0 saturated heterocycles. The van der Waals surface area contributed by atoms with Gasteiger partial charge in [0.25, 0.3) is 17.4 Å². The average molecular weight is 477 g/mol. The minimum absolute atomic E-state index is 0.00466. The molecule has 4 aromatic rings. The Kier molecular flexibility index (Phi) is 5.27. The van der Waals surface area contributed by atoms with Crippen LogP contribution in [0.15, 0.2) is 77.6 Å². The third-order valence-electron chi connectivity index (χ3n) is 6.06. The fraction of sp³-hybridized carbons (Fsp3) is 0.154. The van der Waals surface area contributed by atoms with E-state index in [1.807, 2.05) is 0 Å². The second-order valence-electron chi connectivity index (χ2n) is 8.13. The number of fused-ring (bicyclic) bond motifs is 2. The Morgan fingerprint density at radius 3 is 2.11 bits per heavy atom. The standard InChI is InChI=1S/C26H18F3N3O3/c1-2-21(32-23(33)17-10-3-4-11-18(17)24(32)34)22-30-20-13-6-5-12-19(20)25(35)31(22)16-9-7-8-15(14-16)26(27,28)29/h3-14,21H,2H2,1H3. The molecule has 1 aliphatic heterocycles. The van der Waals surface area contributed by atoms with Gasteiger partial charge in [0.15, 0.2) is 0 Å². The van der Waals surface area contributed by atoms with Crippen molar-refractivity contribution in [3.63, 3.8) is 0 Å². The molecular formula is C26H18F3N3O3. The Morgan fingerprint density at radius 2 is 1.49 bits per heavy atom. The molecule has 0 spiro atoms. The molecule has 1 aromatic heterocycles. The Hall–Kier alpha value is -4.27. The van der Waals surface area contributed by atoms with Gasteiger partial charge in [0.2, 0.25) is 0 Å². The number of hydrogen-bond acceptors (Lipinski definition) is 4. The van der Waals surface area contributed by atoms with Crippen LogP contribution in [0.4, 0.5) is 13.2 Å². The van der Waals surface area contributed by atoms with Crippen LogP contribution in [0.25, 0.3) is 16.6 Å². The molecule has 3 aromatic carbocycles. The van der Waals surface area contributed by atoms with Gasteiger partial charge in [-0.2, -0.15) is 13.2 Å². The molecule has 35 heavy (non-hydrogen) atoms. The SMILES string of the molecule is CCC(c1nc2ccccc2c(=O)n1-c1cccc(C(F)(F)F)c1)N1C(=O)c2ccccc2C1=O. The van der Waals surface area contributed by atoms with E-state index in [1.165, 1.54) is 30.3 Å². The van der Waals surface area contributed by atoms with Crippen molar-refractivity contribution in [3.8, 4) is 5.69 Å². The zero-order valence-corrected chi connectivity index (χ0v) is 18.4. The summed E-state index contributed by atoms with van der Waals surface area (Å²) in [6.45, 7) is 1.71. The number of halogens is 3. The molecule has 9 heteroatoms. The molecule has 1 unspecified atom stereocenters. The van der Waals surface area contributed by atoms with Crippen LogP contribution >= 0.6 is 0 Å². The number of nitrogens with zero attached hydrogens (tertiary/aromatic N) is 3. The molecule has 0 aliphatic carbocycles. The first-order chi connectivity index (χ1) is 16.7. The first kappa shape index (κ1) is 22.5. The second kappa shape index (κ2) is 8.19. The van der Waals surface area contributed by atoms with Crippen LogP contribution in [-0.4, -0.2) is 26.3 Å². The van der Waals surface area contributed by atoms with Crippen molar-refractivity contribution < 1.29 is 22.8 Å². The number of imide groups is 1. The van der Waals surface area contributed by atoms with Gasteiger partial charge >= 0.3 is 6.18 Å². The second-order valence-corrected chi connectivity index (χ2v) is 8.13. The van der Waals surface area contributed by atoms with Crippen molar-refractivity contribution in [2.24, 2.45) is 0 Å². The number of carbonyl (C=O) groups is 2. The molecule has 6 nitrogen and oxygen atoms in total. The molecule has 0 bridgehead atoms. The summed E-state index contributed by atoms with van der Waals surface area (Å²) >= 11 is 0. The van der Waals surface area contributed by atoms with Crippen LogP contribution in [0.5, 0.6) is 0 Å². The number of alkyl halides is 3. The molecule has 2 amide bonds. The Bertz CT molecular complexity index is 1520. The summed E-state index contributed by atoms with van der Waals surface area (Å²) < 4.78 is 41.4. The smallest absolute Gasteiger partial charge is 0.269 e. The number of para-hydroxylation sites is 1. The number of benzene rings is 3. The van der Waals surface area contributed by atoms with E-state index >= 15 is 0 Å². The lowest BCUT2D eigenvalue weighted by Gasteiger charge is -2.27. The maximum absolute atomic E-state index is 13.6. The number of amides is 2. The lowest BCUT2D eigenvalue weighted by molar-refractivity contribution is -0.137. The van der Waals surface area contributed by atoms with Crippen molar-refractivity contribution in [2.45, 2.75) is 25.6 Å². The van der Waals surface area contributed by atoms with E-state index in [0.29, 0.717) is 5.52 Å². The van der Waals surface area contributed by atoms with Crippen molar-refractivity contribution >= 4 is 22.7 Å². The minimum atomic E-state index is -4.63. The van der Waals surface area contributed by atoms with E-state index in [0.717, 1.165) is 21.6 Å². The molecule has 0 fully saturated rings. The van der Waals surface area contributed by atoms with Crippen LogP contribution in [0.2, 0.25) is 0 Å². The number of carbonyl (C=O) groups excluding carboxylic acids is 2. The zero-order valence-electron chi connectivity index (χ0n) is 18.4. The van der Waals surface area contributed by atoms with Crippen molar-refractivity contribution in [3.05, 3.63) is 106 Å². The molecule has 0 saturated carbocycles. The van der Waals surface area contributed by atoms with E-state index in [1.54, 1.807) is 37.3 Å². The van der Waals surface area contributed by atoms with E-state index in [9.17, 15) is 27.6 Å². The molecule has 0 radical (unpaired) electrons. The normalized spacial score (nSPS) is 14.5. The fourth-order valence-corrected chi connectivity index (χ4v) is 4.42. The van der Waals surface area contributed by atoms with E-state index in [4.69, 9.17) is 0 Å². The maximum atomic E-state index is 13.6. The van der Waals surface area contributed by atoms with Crippen molar-refractivity contribution in [2.75, 3.05) is 0 Å². The molecule has 1 aliphatic rings. The molecule has 1 atom stereocenters. The van der Waals surface area contributed by atoms with Crippen LogP contribution in [0.3, 0.4) is 0 Å². The van der Waals surface area contributed by atoms with Crippen LogP contribution in [0.1, 0.15) is 51.5 Å². The van der Waals surface area contributed by atoms with Crippen LogP contribution < -0.4 is 5.56 Å². The highest BCUT2D eigenvalue weighted by molar-refractivity contribution is 6.21. The highest BCUT2D eigenvalue weighted by Crippen LogP contribution is 2.35. The lowest BCUT2D eigenvalue weighted by atomic mass is 10.1. The Morgan fingerprint density at radius 1 is 0.857 bits per heavy atom. The summed E-state index contributed by atoms with van der Waals surface area (Å²) in [7, 11) is 0. The quantitative estimate of drug-likeness (QED) is 0.381. The Balaban J connectivity index is 1.77. The predicted molar refractivity (Wildman–Crippen MR) is 122 cm³/mol. The third kappa shape index (κ3) is 3.60. The maximum Gasteiger partial charge on any atom is 0.416 e. The summed E-state index contributed by atoms with van der Waals surface area (Å²) in [5.41, 5.74) is -0.830. The van der Waals surface area contributed by atoms with E-state index in [-0.39, 0.29) is 34.4 Å². The lowest BCUT2D eigenvalue weighted by Crippen LogP contribution is -2.38. The van der Waals surface area contributed by atoms with Gasteiger partial charge in [0.05, 0.1) is 39.3 Å². The minimum Gasteiger partial charge on any atom is -0.269 e. The summed E-state index contributed by atoms with van der Waals surface area (Å²) in [6.07, 6.45) is -4.44. The molecular weight excluding hydrogens is 459 g/mol. The average Bonchev–Trinajstić information content (AvgIpc) is 3.10. The molecule has 176 valence electrons. The van der Waals surface area contributed by atoms with Gasteiger partial charge in [0, 0.05) is 0 Å². The van der Waals surface area contributed by atoms with Crippen LogP contribution in [-0.2, 0) is 6.18 Å². The van der Waals surface area contributed by atoms with Gasteiger partial charge in [-0.1, -0.05) is 37.3 Å². The molecule has 2 heterocycles. The van der Waals surface area contributed by atoms with E-state index < -0.39 is 35.2 Å². The first-order valence-corrected chi connectivity index (χ1v) is 10.9. The van der Waals surface area contributed by atoms with Gasteiger partial charge in [-0.05, 0) is 48.9 Å². The monoisotopic (exact) mass is 477 g/mol. The summed E-state index contributed by atoms with van der Waals surface area (Å²) in [5, 5.41) is 0.200. The fourth-order valence-electron chi connectivity index (χ4n) is 4.42. The summed E-state index contributed by atoms with van der Waals surface area (Å²) in [4.78, 5) is 45.6. The number of aromatic nitrogens is 2. The van der Waals surface area contributed by atoms with E-state index in [2.05, 4.69) is 4.98 Å². The third-order valence-corrected chi connectivity index (χ3v) is 6.06. The zero-order chi connectivity index (χ0) is 24.9. The summed E-state index contributed by atoms with van der Waals surface area (Å²) in [5.74, 6) is -1.09. The number of hydrogen-bond donors (Lipinski definition) is 0. The molecule has 5 rings (SSSR count). The van der Waals surface area contributed by atoms with Gasteiger partial charge in [0.1, 0.15) is 5.82 Å². The number of rotatable bonds is 4.